The summed E-state index contributed by atoms with van der Waals surface area (Å²) in [5, 5.41) is 3.34. The van der Waals surface area contributed by atoms with E-state index in [1.807, 2.05) is 13.0 Å². The average molecular weight is 264 g/mol. The van der Waals surface area contributed by atoms with Crippen molar-refractivity contribution >= 4 is 23.0 Å². The van der Waals surface area contributed by atoms with Gasteiger partial charge in [0.25, 0.3) is 0 Å². The molecular formula is C13H20N4S. The van der Waals surface area contributed by atoms with Gasteiger partial charge in [0.2, 0.25) is 0 Å². The number of likely N-dealkylation sites (tertiary alicyclic amines) is 1. The lowest BCUT2D eigenvalue weighted by Gasteiger charge is -2.16. The van der Waals surface area contributed by atoms with Crippen molar-refractivity contribution < 1.29 is 0 Å². The highest BCUT2D eigenvalue weighted by Gasteiger charge is 2.12. The third-order valence-electron chi connectivity index (χ3n) is 3.32. The van der Waals surface area contributed by atoms with Crippen LogP contribution >= 0.6 is 12.2 Å². The van der Waals surface area contributed by atoms with E-state index < -0.39 is 0 Å². The number of rotatable bonds is 5. The fourth-order valence-corrected chi connectivity index (χ4v) is 2.60. The topological polar surface area (TPSA) is 54.2 Å². The van der Waals surface area contributed by atoms with Crippen LogP contribution in [0.25, 0.3) is 0 Å². The van der Waals surface area contributed by atoms with Gasteiger partial charge in [-0.1, -0.05) is 12.2 Å². The van der Waals surface area contributed by atoms with Crippen molar-refractivity contribution in [1.29, 1.82) is 0 Å². The first-order valence-electron chi connectivity index (χ1n) is 6.40. The molecule has 1 fully saturated rings. The lowest BCUT2D eigenvalue weighted by Crippen LogP contribution is -2.27. The molecule has 0 aromatic carbocycles. The second kappa shape index (κ2) is 6.11. The van der Waals surface area contributed by atoms with Crippen LogP contribution < -0.4 is 11.1 Å². The fraction of sp³-hybridized carbons (Fsp3) is 0.538. The molecule has 0 spiro atoms. The zero-order valence-corrected chi connectivity index (χ0v) is 11.6. The molecule has 0 atom stereocenters. The molecule has 3 N–H and O–H groups in total. The van der Waals surface area contributed by atoms with Gasteiger partial charge in [0.05, 0.1) is 5.56 Å². The summed E-state index contributed by atoms with van der Waals surface area (Å²) < 4.78 is 0. The van der Waals surface area contributed by atoms with Crippen molar-refractivity contribution in [2.45, 2.75) is 19.8 Å². The molecule has 1 aliphatic heterocycles. The highest BCUT2D eigenvalue weighted by Crippen LogP contribution is 2.16. The maximum atomic E-state index is 5.75. The number of anilines is 1. The van der Waals surface area contributed by atoms with Crippen molar-refractivity contribution in [3.05, 3.63) is 23.4 Å². The van der Waals surface area contributed by atoms with Crippen LogP contribution in [0.1, 0.15) is 24.0 Å². The molecule has 2 rings (SSSR count). The van der Waals surface area contributed by atoms with Gasteiger partial charge in [0, 0.05) is 19.3 Å². The number of nitrogens with two attached hydrogens (primary N) is 1. The molecule has 0 saturated carbocycles. The van der Waals surface area contributed by atoms with E-state index in [1.54, 1.807) is 6.20 Å². The van der Waals surface area contributed by atoms with Crippen LogP contribution in [0.5, 0.6) is 0 Å². The largest absolute Gasteiger partial charge is 0.389 e. The summed E-state index contributed by atoms with van der Waals surface area (Å²) >= 11 is 5.08. The second-order valence-electron chi connectivity index (χ2n) is 4.69. The summed E-state index contributed by atoms with van der Waals surface area (Å²) in [7, 11) is 0. The number of nitrogens with one attached hydrogen (secondary N) is 1. The molecule has 1 aliphatic rings. The van der Waals surface area contributed by atoms with E-state index in [1.165, 1.54) is 25.9 Å². The lowest BCUT2D eigenvalue weighted by atomic mass is 10.1. The molecule has 1 aromatic rings. The average Bonchev–Trinajstić information content (AvgIpc) is 2.81. The summed E-state index contributed by atoms with van der Waals surface area (Å²) in [6, 6.07) is 1.93. The Kier molecular flexibility index (Phi) is 4.49. The maximum absolute atomic E-state index is 5.75. The lowest BCUT2D eigenvalue weighted by molar-refractivity contribution is 0.352. The quantitative estimate of drug-likeness (QED) is 0.790. The van der Waals surface area contributed by atoms with Crippen molar-refractivity contribution in [3.8, 4) is 0 Å². The van der Waals surface area contributed by atoms with Crippen molar-refractivity contribution in [1.82, 2.24) is 9.88 Å². The van der Waals surface area contributed by atoms with Gasteiger partial charge in [0.15, 0.2) is 0 Å². The number of hydrogen-bond donors (Lipinski definition) is 2. The molecular weight excluding hydrogens is 244 g/mol. The first-order valence-corrected chi connectivity index (χ1v) is 6.81. The summed E-state index contributed by atoms with van der Waals surface area (Å²) in [4.78, 5) is 7.20. The van der Waals surface area contributed by atoms with Crippen molar-refractivity contribution in [2.24, 2.45) is 5.73 Å². The molecule has 1 aromatic heterocycles. The summed E-state index contributed by atoms with van der Waals surface area (Å²) in [5.41, 5.74) is 7.69. The maximum Gasteiger partial charge on any atom is 0.136 e. The Morgan fingerprint density at radius 3 is 2.89 bits per heavy atom. The molecule has 18 heavy (non-hydrogen) atoms. The third kappa shape index (κ3) is 3.17. The molecule has 0 unspecified atom stereocenters. The number of thiocarbonyl (C=S) groups is 1. The third-order valence-corrected chi connectivity index (χ3v) is 3.53. The Morgan fingerprint density at radius 1 is 1.50 bits per heavy atom. The highest BCUT2D eigenvalue weighted by molar-refractivity contribution is 7.80. The predicted octanol–water partition coefficient (Wildman–Crippen LogP) is 1.53. The molecule has 98 valence electrons. The van der Waals surface area contributed by atoms with Crippen molar-refractivity contribution in [2.75, 3.05) is 31.5 Å². The van der Waals surface area contributed by atoms with Gasteiger partial charge in [-0.3, -0.25) is 0 Å². The molecule has 0 aliphatic carbocycles. The predicted molar refractivity (Wildman–Crippen MR) is 79.0 cm³/mol. The van der Waals surface area contributed by atoms with E-state index in [0.717, 1.165) is 30.0 Å². The SMILES string of the molecule is Cc1ccnc(NCCN2CCCC2)c1C(N)=S. The number of pyridine rings is 1. The molecule has 1 saturated heterocycles. The minimum atomic E-state index is 0.407. The zero-order valence-electron chi connectivity index (χ0n) is 10.8. The Bertz CT molecular complexity index is 427. The first-order chi connectivity index (χ1) is 8.68. The minimum Gasteiger partial charge on any atom is -0.389 e. The van der Waals surface area contributed by atoms with Crippen LogP contribution in [-0.2, 0) is 0 Å². The molecule has 0 amide bonds. The van der Waals surface area contributed by atoms with E-state index in [0.29, 0.717) is 4.99 Å². The van der Waals surface area contributed by atoms with Gasteiger partial charge in [-0.05, 0) is 44.5 Å². The van der Waals surface area contributed by atoms with Gasteiger partial charge in [-0.25, -0.2) is 4.98 Å². The summed E-state index contributed by atoms with van der Waals surface area (Å²) in [6.45, 7) is 6.36. The Labute approximate surface area is 114 Å². The van der Waals surface area contributed by atoms with Crippen LogP contribution in [0.2, 0.25) is 0 Å². The fourth-order valence-electron chi connectivity index (χ4n) is 2.34. The summed E-state index contributed by atoms with van der Waals surface area (Å²) in [5.74, 6) is 0.807. The molecule has 5 heteroatoms. The molecule has 0 bridgehead atoms. The van der Waals surface area contributed by atoms with Crippen molar-refractivity contribution in [3.63, 3.8) is 0 Å². The van der Waals surface area contributed by atoms with E-state index in [-0.39, 0.29) is 0 Å². The number of nitrogens with zero attached hydrogens (tertiary/aromatic N) is 2. The normalized spacial score (nSPS) is 15.8. The Balaban J connectivity index is 1.96. The van der Waals surface area contributed by atoms with Crippen LogP contribution in [0, 0.1) is 6.92 Å². The van der Waals surface area contributed by atoms with Crippen LogP contribution in [-0.4, -0.2) is 41.1 Å². The number of hydrogen-bond acceptors (Lipinski definition) is 4. The molecule has 0 radical (unpaired) electrons. The van der Waals surface area contributed by atoms with E-state index in [4.69, 9.17) is 18.0 Å². The highest BCUT2D eigenvalue weighted by atomic mass is 32.1. The van der Waals surface area contributed by atoms with Gasteiger partial charge in [-0.15, -0.1) is 0 Å². The van der Waals surface area contributed by atoms with Gasteiger partial charge >= 0.3 is 0 Å². The number of aryl methyl sites for hydroxylation is 1. The molecule has 2 heterocycles. The van der Waals surface area contributed by atoms with E-state index in [2.05, 4.69) is 15.2 Å². The Hall–Kier alpha value is -1.20. The minimum absolute atomic E-state index is 0.407. The van der Waals surface area contributed by atoms with Crippen LogP contribution in [0.15, 0.2) is 12.3 Å². The van der Waals surface area contributed by atoms with E-state index in [9.17, 15) is 0 Å². The van der Waals surface area contributed by atoms with Crippen LogP contribution in [0.3, 0.4) is 0 Å². The van der Waals surface area contributed by atoms with E-state index >= 15 is 0 Å². The van der Waals surface area contributed by atoms with Gasteiger partial charge < -0.3 is 16.0 Å². The zero-order chi connectivity index (χ0) is 13.0. The van der Waals surface area contributed by atoms with Gasteiger partial charge in [0.1, 0.15) is 10.8 Å². The standard InChI is InChI=1S/C13H20N4S/c1-10-4-5-15-13(11(10)12(14)18)16-6-9-17-7-2-3-8-17/h4-5H,2-3,6-9H2,1H3,(H2,14,18)(H,15,16). The molecule has 4 nitrogen and oxygen atoms in total. The smallest absolute Gasteiger partial charge is 0.136 e. The second-order valence-corrected chi connectivity index (χ2v) is 5.13. The first kappa shape index (κ1) is 13.2. The monoisotopic (exact) mass is 264 g/mol. The Morgan fingerprint density at radius 2 is 2.22 bits per heavy atom. The van der Waals surface area contributed by atoms with Gasteiger partial charge in [-0.2, -0.15) is 0 Å². The summed E-state index contributed by atoms with van der Waals surface area (Å²) in [6.07, 6.45) is 4.43. The number of aromatic nitrogens is 1. The van der Waals surface area contributed by atoms with Crippen LogP contribution in [0.4, 0.5) is 5.82 Å².